The van der Waals surface area contributed by atoms with Crippen LogP contribution in [0.4, 0.5) is 5.69 Å². The molecular formula is C13H13ClN2O3. The maximum absolute atomic E-state index is 11.8. The monoisotopic (exact) mass is 280 g/mol. The Balaban J connectivity index is 2.26. The molecule has 0 saturated carbocycles. The molecule has 1 aliphatic heterocycles. The van der Waals surface area contributed by atoms with Crippen LogP contribution in [0.2, 0.25) is 5.02 Å². The molecular weight excluding hydrogens is 268 g/mol. The van der Waals surface area contributed by atoms with Crippen LogP contribution in [0.3, 0.4) is 0 Å². The summed E-state index contributed by atoms with van der Waals surface area (Å²) in [5.74, 6) is -1.63. The van der Waals surface area contributed by atoms with E-state index in [4.69, 9.17) is 11.6 Å². The topological polar surface area (TPSA) is 66.5 Å². The van der Waals surface area contributed by atoms with Gasteiger partial charge in [0.1, 0.15) is 6.54 Å². The predicted octanol–water partition coefficient (Wildman–Crippen LogP) is 1.39. The van der Waals surface area contributed by atoms with Gasteiger partial charge in [-0.1, -0.05) is 11.6 Å². The Kier molecular flexibility index (Phi) is 3.57. The molecule has 2 amide bonds. The van der Waals surface area contributed by atoms with E-state index in [1.165, 1.54) is 11.0 Å². The van der Waals surface area contributed by atoms with Crippen molar-refractivity contribution in [1.82, 2.24) is 5.32 Å². The van der Waals surface area contributed by atoms with Crippen molar-refractivity contribution in [2.24, 2.45) is 0 Å². The van der Waals surface area contributed by atoms with Gasteiger partial charge in [0.25, 0.3) is 11.7 Å². The second-order valence-corrected chi connectivity index (χ2v) is 5.04. The lowest BCUT2D eigenvalue weighted by molar-refractivity contribution is -0.122. The average Bonchev–Trinajstić information content (AvgIpc) is 2.53. The standard InChI is InChI=1S/C13H13ClN2O3/c1-7(2)15-11(17)6-16-10-4-3-8(14)5-9(10)12(18)13(16)19/h3-5,7H,6H2,1-2H3,(H,15,17). The second-order valence-electron chi connectivity index (χ2n) is 4.60. The SMILES string of the molecule is CC(C)NC(=O)CN1C(=O)C(=O)c2cc(Cl)ccc21. The minimum absolute atomic E-state index is 0.0226. The van der Waals surface area contributed by atoms with E-state index in [1.54, 1.807) is 12.1 Å². The summed E-state index contributed by atoms with van der Waals surface area (Å²) in [7, 11) is 0. The summed E-state index contributed by atoms with van der Waals surface area (Å²) in [4.78, 5) is 36.5. The average molecular weight is 281 g/mol. The van der Waals surface area contributed by atoms with E-state index in [-0.39, 0.29) is 24.1 Å². The maximum Gasteiger partial charge on any atom is 0.299 e. The lowest BCUT2D eigenvalue weighted by Crippen LogP contribution is -2.42. The van der Waals surface area contributed by atoms with Crippen LogP contribution in [-0.4, -0.2) is 30.2 Å². The molecule has 2 rings (SSSR count). The van der Waals surface area contributed by atoms with E-state index < -0.39 is 11.7 Å². The van der Waals surface area contributed by atoms with Gasteiger partial charge in [-0.05, 0) is 32.0 Å². The summed E-state index contributed by atoms with van der Waals surface area (Å²) in [5, 5.41) is 3.06. The molecule has 0 fully saturated rings. The highest BCUT2D eigenvalue weighted by Gasteiger charge is 2.36. The summed E-state index contributed by atoms with van der Waals surface area (Å²) < 4.78 is 0. The van der Waals surface area contributed by atoms with Gasteiger partial charge in [0.05, 0.1) is 11.3 Å². The molecule has 0 radical (unpaired) electrons. The third-order valence-electron chi connectivity index (χ3n) is 2.68. The molecule has 5 nitrogen and oxygen atoms in total. The zero-order valence-corrected chi connectivity index (χ0v) is 11.3. The smallest absolute Gasteiger partial charge is 0.299 e. The number of anilines is 1. The molecule has 1 aromatic rings. The van der Waals surface area contributed by atoms with Crippen molar-refractivity contribution < 1.29 is 14.4 Å². The predicted molar refractivity (Wildman–Crippen MR) is 71.4 cm³/mol. The molecule has 0 aliphatic carbocycles. The Labute approximate surface area is 115 Å². The van der Waals surface area contributed by atoms with Gasteiger partial charge in [-0.25, -0.2) is 0 Å². The lowest BCUT2D eigenvalue weighted by atomic mass is 10.1. The fourth-order valence-electron chi connectivity index (χ4n) is 1.94. The van der Waals surface area contributed by atoms with Crippen molar-refractivity contribution >= 4 is 34.9 Å². The highest BCUT2D eigenvalue weighted by atomic mass is 35.5. The Morgan fingerprint density at radius 3 is 2.68 bits per heavy atom. The third kappa shape index (κ3) is 2.61. The number of fused-ring (bicyclic) bond motifs is 1. The Morgan fingerprint density at radius 2 is 2.05 bits per heavy atom. The largest absolute Gasteiger partial charge is 0.352 e. The van der Waals surface area contributed by atoms with Crippen LogP contribution in [0.15, 0.2) is 18.2 Å². The van der Waals surface area contributed by atoms with Crippen molar-refractivity contribution in [3.05, 3.63) is 28.8 Å². The lowest BCUT2D eigenvalue weighted by Gasteiger charge is -2.17. The number of benzene rings is 1. The van der Waals surface area contributed by atoms with Gasteiger partial charge in [-0.3, -0.25) is 19.3 Å². The first-order chi connectivity index (χ1) is 8.90. The number of ketones is 1. The number of hydrogen-bond donors (Lipinski definition) is 1. The summed E-state index contributed by atoms with van der Waals surface area (Å²) in [6.45, 7) is 3.47. The van der Waals surface area contributed by atoms with Crippen LogP contribution in [0.25, 0.3) is 0 Å². The first-order valence-corrected chi connectivity index (χ1v) is 6.23. The van der Waals surface area contributed by atoms with Crippen molar-refractivity contribution in [1.29, 1.82) is 0 Å². The number of carbonyl (C=O) groups excluding carboxylic acids is 3. The van der Waals surface area contributed by atoms with Gasteiger partial charge < -0.3 is 5.32 Å². The minimum atomic E-state index is -0.698. The number of nitrogens with zero attached hydrogens (tertiary/aromatic N) is 1. The molecule has 0 bridgehead atoms. The molecule has 1 aliphatic rings. The first kappa shape index (κ1) is 13.5. The van der Waals surface area contributed by atoms with E-state index >= 15 is 0 Å². The molecule has 0 atom stereocenters. The van der Waals surface area contributed by atoms with Crippen LogP contribution in [0, 0.1) is 0 Å². The number of rotatable bonds is 3. The number of hydrogen-bond acceptors (Lipinski definition) is 3. The van der Waals surface area contributed by atoms with Crippen molar-refractivity contribution in [3.63, 3.8) is 0 Å². The molecule has 1 heterocycles. The number of Topliss-reactive ketones (excluding diaryl/α,β-unsaturated/α-hetero) is 1. The maximum atomic E-state index is 11.8. The summed E-state index contributed by atoms with van der Waals surface area (Å²) in [6, 6.07) is 4.57. The van der Waals surface area contributed by atoms with Gasteiger partial charge in [-0.2, -0.15) is 0 Å². The highest BCUT2D eigenvalue weighted by molar-refractivity contribution is 6.53. The van der Waals surface area contributed by atoms with Crippen LogP contribution in [0.5, 0.6) is 0 Å². The van der Waals surface area contributed by atoms with Gasteiger partial charge in [0.15, 0.2) is 0 Å². The highest BCUT2D eigenvalue weighted by Crippen LogP contribution is 2.30. The molecule has 0 unspecified atom stereocenters. The van der Waals surface area contributed by atoms with Gasteiger partial charge in [0, 0.05) is 11.1 Å². The zero-order chi connectivity index (χ0) is 14.2. The van der Waals surface area contributed by atoms with E-state index in [0.717, 1.165) is 0 Å². The fraction of sp³-hybridized carbons (Fsp3) is 0.308. The number of carbonyl (C=O) groups is 3. The normalized spacial score (nSPS) is 14.0. The summed E-state index contributed by atoms with van der Waals surface area (Å²) in [6.07, 6.45) is 0. The third-order valence-corrected chi connectivity index (χ3v) is 2.92. The Hall–Kier alpha value is -1.88. The Morgan fingerprint density at radius 1 is 1.37 bits per heavy atom. The van der Waals surface area contributed by atoms with E-state index in [0.29, 0.717) is 10.7 Å². The summed E-state index contributed by atoms with van der Waals surface area (Å²) in [5.41, 5.74) is 0.674. The van der Waals surface area contributed by atoms with Crippen LogP contribution >= 0.6 is 11.6 Å². The first-order valence-electron chi connectivity index (χ1n) is 5.85. The van der Waals surface area contributed by atoms with Crippen LogP contribution in [0.1, 0.15) is 24.2 Å². The molecule has 0 aromatic heterocycles. The molecule has 0 saturated heterocycles. The molecule has 1 N–H and O–H groups in total. The molecule has 0 spiro atoms. The zero-order valence-electron chi connectivity index (χ0n) is 10.6. The van der Waals surface area contributed by atoms with Gasteiger partial charge in [-0.15, -0.1) is 0 Å². The number of amides is 2. The quantitative estimate of drug-likeness (QED) is 0.851. The van der Waals surface area contributed by atoms with Crippen LogP contribution < -0.4 is 10.2 Å². The molecule has 100 valence electrons. The van der Waals surface area contributed by atoms with Crippen molar-refractivity contribution in [3.8, 4) is 0 Å². The van der Waals surface area contributed by atoms with Crippen molar-refractivity contribution in [2.75, 3.05) is 11.4 Å². The van der Waals surface area contributed by atoms with Crippen molar-refractivity contribution in [2.45, 2.75) is 19.9 Å². The molecule has 19 heavy (non-hydrogen) atoms. The van der Waals surface area contributed by atoms with E-state index in [2.05, 4.69) is 5.32 Å². The number of halogens is 1. The van der Waals surface area contributed by atoms with Gasteiger partial charge >= 0.3 is 0 Å². The molecule has 1 aromatic carbocycles. The fourth-order valence-corrected chi connectivity index (χ4v) is 2.11. The van der Waals surface area contributed by atoms with E-state index in [1.807, 2.05) is 13.8 Å². The molecule has 6 heteroatoms. The van der Waals surface area contributed by atoms with Gasteiger partial charge in [0.2, 0.25) is 5.91 Å². The minimum Gasteiger partial charge on any atom is -0.352 e. The number of nitrogens with one attached hydrogen (secondary N) is 1. The van der Waals surface area contributed by atoms with Crippen LogP contribution in [-0.2, 0) is 9.59 Å². The summed E-state index contributed by atoms with van der Waals surface area (Å²) >= 11 is 5.80. The second kappa shape index (κ2) is 5.01. The van der Waals surface area contributed by atoms with E-state index in [9.17, 15) is 14.4 Å². The Bertz CT molecular complexity index is 569.